The van der Waals surface area contributed by atoms with Crippen molar-refractivity contribution in [2.45, 2.75) is 13.8 Å². The quantitative estimate of drug-likeness (QED) is 0.921. The van der Waals surface area contributed by atoms with Crippen LogP contribution in [0.4, 0.5) is 0 Å². The van der Waals surface area contributed by atoms with Crippen LogP contribution in [0.2, 0.25) is 0 Å². The largest absolute Gasteiger partial charge is 0.478 e. The van der Waals surface area contributed by atoms with Crippen LogP contribution in [0.15, 0.2) is 42.7 Å². The molecule has 0 bridgehead atoms. The molecule has 22 heavy (non-hydrogen) atoms. The SMILES string of the molecule is CCN(CC)C(=O)c1cncc(-c2ccc(C(=O)O)cc2)c1. The summed E-state index contributed by atoms with van der Waals surface area (Å²) in [7, 11) is 0. The molecule has 0 radical (unpaired) electrons. The van der Waals surface area contributed by atoms with E-state index < -0.39 is 5.97 Å². The Kier molecular flexibility index (Phi) is 4.88. The van der Waals surface area contributed by atoms with Crippen LogP contribution >= 0.6 is 0 Å². The van der Waals surface area contributed by atoms with E-state index >= 15 is 0 Å². The Balaban J connectivity index is 2.32. The zero-order valence-corrected chi connectivity index (χ0v) is 12.6. The Morgan fingerprint density at radius 3 is 2.18 bits per heavy atom. The van der Waals surface area contributed by atoms with Crippen molar-refractivity contribution in [2.24, 2.45) is 0 Å². The first-order valence-corrected chi connectivity index (χ1v) is 7.14. The van der Waals surface area contributed by atoms with Crippen molar-refractivity contribution in [2.75, 3.05) is 13.1 Å². The van der Waals surface area contributed by atoms with Gasteiger partial charge in [-0.2, -0.15) is 0 Å². The fourth-order valence-corrected chi connectivity index (χ4v) is 2.21. The van der Waals surface area contributed by atoms with E-state index in [-0.39, 0.29) is 11.5 Å². The smallest absolute Gasteiger partial charge is 0.335 e. The third kappa shape index (κ3) is 3.31. The van der Waals surface area contributed by atoms with Crippen LogP contribution < -0.4 is 0 Å². The monoisotopic (exact) mass is 298 g/mol. The summed E-state index contributed by atoms with van der Waals surface area (Å²) >= 11 is 0. The number of hydrogen-bond donors (Lipinski definition) is 1. The molecule has 0 saturated carbocycles. The summed E-state index contributed by atoms with van der Waals surface area (Å²) in [4.78, 5) is 29.1. The third-order valence-corrected chi connectivity index (χ3v) is 3.50. The first-order chi connectivity index (χ1) is 10.6. The molecule has 0 atom stereocenters. The number of carboxylic acid groups (broad SMARTS) is 1. The highest BCUT2D eigenvalue weighted by Crippen LogP contribution is 2.20. The molecule has 0 fully saturated rings. The Bertz CT molecular complexity index is 677. The molecule has 0 aliphatic heterocycles. The van der Waals surface area contributed by atoms with Crippen molar-refractivity contribution < 1.29 is 14.7 Å². The van der Waals surface area contributed by atoms with Crippen molar-refractivity contribution in [3.05, 3.63) is 53.9 Å². The minimum absolute atomic E-state index is 0.0542. The molecule has 5 nitrogen and oxygen atoms in total. The lowest BCUT2D eigenvalue weighted by molar-refractivity contribution is 0.0696. The van der Waals surface area contributed by atoms with Crippen LogP contribution in [0.3, 0.4) is 0 Å². The number of nitrogens with zero attached hydrogens (tertiary/aromatic N) is 2. The van der Waals surface area contributed by atoms with Crippen molar-refractivity contribution in [3.8, 4) is 11.1 Å². The van der Waals surface area contributed by atoms with Gasteiger partial charge in [-0.15, -0.1) is 0 Å². The van der Waals surface area contributed by atoms with Crippen molar-refractivity contribution in [3.63, 3.8) is 0 Å². The first-order valence-electron chi connectivity index (χ1n) is 7.14. The topological polar surface area (TPSA) is 70.5 Å². The lowest BCUT2D eigenvalue weighted by Gasteiger charge is -2.18. The highest BCUT2D eigenvalue weighted by Gasteiger charge is 2.13. The molecule has 1 heterocycles. The van der Waals surface area contributed by atoms with E-state index in [1.165, 1.54) is 12.1 Å². The number of rotatable bonds is 5. The van der Waals surface area contributed by atoms with Gasteiger partial charge in [-0.1, -0.05) is 12.1 Å². The van der Waals surface area contributed by atoms with E-state index in [2.05, 4.69) is 4.98 Å². The maximum absolute atomic E-state index is 12.3. The van der Waals surface area contributed by atoms with Crippen LogP contribution in [0.1, 0.15) is 34.6 Å². The molecule has 0 aliphatic rings. The van der Waals surface area contributed by atoms with E-state index in [4.69, 9.17) is 5.11 Å². The van der Waals surface area contributed by atoms with Gasteiger partial charge in [-0.3, -0.25) is 9.78 Å². The van der Waals surface area contributed by atoms with Crippen molar-refractivity contribution >= 4 is 11.9 Å². The van der Waals surface area contributed by atoms with Crippen molar-refractivity contribution in [1.29, 1.82) is 0 Å². The summed E-state index contributed by atoms with van der Waals surface area (Å²) in [5.74, 6) is -1.02. The normalized spacial score (nSPS) is 10.3. The van der Waals surface area contributed by atoms with Gasteiger partial charge in [0.1, 0.15) is 0 Å². The summed E-state index contributed by atoms with van der Waals surface area (Å²) in [5.41, 5.74) is 2.37. The van der Waals surface area contributed by atoms with E-state index in [1.807, 2.05) is 13.8 Å². The summed E-state index contributed by atoms with van der Waals surface area (Å²) in [6, 6.07) is 8.29. The second-order valence-electron chi connectivity index (χ2n) is 4.82. The zero-order chi connectivity index (χ0) is 16.1. The lowest BCUT2D eigenvalue weighted by atomic mass is 10.0. The Morgan fingerprint density at radius 2 is 1.64 bits per heavy atom. The number of carboxylic acids is 1. The van der Waals surface area contributed by atoms with E-state index in [1.54, 1.807) is 35.5 Å². The predicted molar refractivity (Wildman–Crippen MR) is 83.9 cm³/mol. The molecule has 0 spiro atoms. The zero-order valence-electron chi connectivity index (χ0n) is 12.6. The average molecular weight is 298 g/mol. The highest BCUT2D eigenvalue weighted by molar-refractivity contribution is 5.95. The van der Waals surface area contributed by atoms with Gasteiger partial charge in [0.2, 0.25) is 0 Å². The average Bonchev–Trinajstić information content (AvgIpc) is 2.56. The Labute approximate surface area is 129 Å². The third-order valence-electron chi connectivity index (χ3n) is 3.50. The Morgan fingerprint density at radius 1 is 1.00 bits per heavy atom. The van der Waals surface area contributed by atoms with E-state index in [9.17, 15) is 9.59 Å². The second kappa shape index (κ2) is 6.85. The van der Waals surface area contributed by atoms with Gasteiger partial charge in [-0.05, 0) is 37.6 Å². The lowest BCUT2D eigenvalue weighted by Crippen LogP contribution is -2.30. The molecule has 0 saturated heterocycles. The number of aromatic carboxylic acids is 1. The summed E-state index contributed by atoms with van der Waals surface area (Å²) in [5, 5.41) is 8.92. The molecule has 5 heteroatoms. The van der Waals surface area contributed by atoms with Gasteiger partial charge in [0.25, 0.3) is 5.91 Å². The molecule has 2 aromatic rings. The fourth-order valence-electron chi connectivity index (χ4n) is 2.21. The summed E-state index contributed by atoms with van der Waals surface area (Å²) in [6.07, 6.45) is 3.21. The van der Waals surface area contributed by atoms with Crippen LogP contribution in [0.25, 0.3) is 11.1 Å². The van der Waals surface area contributed by atoms with Gasteiger partial charge in [0.15, 0.2) is 0 Å². The van der Waals surface area contributed by atoms with Gasteiger partial charge in [0.05, 0.1) is 11.1 Å². The molecule has 0 unspecified atom stereocenters. The molecule has 1 aromatic carbocycles. The minimum Gasteiger partial charge on any atom is -0.478 e. The number of pyridine rings is 1. The van der Waals surface area contributed by atoms with Crippen LogP contribution in [0.5, 0.6) is 0 Å². The molecule has 1 aromatic heterocycles. The maximum Gasteiger partial charge on any atom is 0.335 e. The fraction of sp³-hybridized carbons (Fsp3) is 0.235. The molecular weight excluding hydrogens is 280 g/mol. The van der Waals surface area contributed by atoms with Crippen LogP contribution in [-0.4, -0.2) is 40.0 Å². The number of benzene rings is 1. The van der Waals surface area contributed by atoms with E-state index in [0.29, 0.717) is 18.7 Å². The molecule has 2 rings (SSSR count). The van der Waals surface area contributed by atoms with Gasteiger partial charge < -0.3 is 10.0 Å². The summed E-state index contributed by atoms with van der Waals surface area (Å²) < 4.78 is 0. The van der Waals surface area contributed by atoms with Gasteiger partial charge in [0, 0.05) is 31.0 Å². The number of carbonyl (C=O) groups excluding carboxylic acids is 1. The second-order valence-corrected chi connectivity index (χ2v) is 4.82. The van der Waals surface area contributed by atoms with Gasteiger partial charge >= 0.3 is 5.97 Å². The molecular formula is C17H18N2O3. The predicted octanol–water partition coefficient (Wildman–Crippen LogP) is 2.93. The molecule has 114 valence electrons. The van der Waals surface area contributed by atoms with Crippen LogP contribution in [0, 0.1) is 0 Å². The minimum atomic E-state index is -0.963. The summed E-state index contributed by atoms with van der Waals surface area (Å²) in [6.45, 7) is 5.16. The standard InChI is InChI=1S/C17H18N2O3/c1-3-19(4-2)16(20)15-9-14(10-18-11-15)12-5-7-13(8-6-12)17(21)22/h5-11H,3-4H2,1-2H3,(H,21,22). The van der Waals surface area contributed by atoms with Gasteiger partial charge in [-0.25, -0.2) is 4.79 Å². The van der Waals surface area contributed by atoms with Crippen molar-refractivity contribution in [1.82, 2.24) is 9.88 Å². The maximum atomic E-state index is 12.3. The molecule has 0 aliphatic carbocycles. The van der Waals surface area contributed by atoms with Crippen LogP contribution in [-0.2, 0) is 0 Å². The molecule has 1 amide bonds. The Hall–Kier alpha value is -2.69. The number of hydrogen-bond acceptors (Lipinski definition) is 3. The highest BCUT2D eigenvalue weighted by atomic mass is 16.4. The first kappa shape index (κ1) is 15.7. The van der Waals surface area contributed by atoms with E-state index in [0.717, 1.165) is 11.1 Å². The number of aromatic nitrogens is 1. The number of carbonyl (C=O) groups is 2. The molecule has 1 N–H and O–H groups in total. The number of amides is 1.